The zero-order valence-electron chi connectivity index (χ0n) is 26.9. The summed E-state index contributed by atoms with van der Waals surface area (Å²) in [5.41, 5.74) is 8.88. The molecular weight excluding hydrogens is 546 g/mol. The van der Waals surface area contributed by atoms with Crippen molar-refractivity contribution < 1.29 is 34.6 Å². The highest BCUT2D eigenvalue weighted by Crippen LogP contribution is 2.36. The maximum Gasteiger partial charge on any atom is 0.302 e. The first-order valence-corrected chi connectivity index (χ1v) is 16.9. The number of hydrogen-bond acceptors (Lipinski definition) is 8. The van der Waals surface area contributed by atoms with Gasteiger partial charge in [0.1, 0.15) is 30.2 Å². The number of nitrogens with two attached hydrogens (primary N) is 2. The Balaban J connectivity index is 1.53. The molecule has 244 valence electrons. The number of allylic oxidation sites excluding steroid dienone is 1. The largest absolute Gasteiger partial charge is 0.462 e. The van der Waals surface area contributed by atoms with Crippen LogP contribution in [0.2, 0.25) is 0 Å². The van der Waals surface area contributed by atoms with Gasteiger partial charge in [0.05, 0.1) is 24.3 Å². The van der Waals surface area contributed by atoms with Gasteiger partial charge < -0.3 is 25.0 Å². The minimum absolute atomic E-state index is 0.135. The number of quaternary nitrogens is 1. The van der Waals surface area contributed by atoms with Gasteiger partial charge in [-0.25, -0.2) is 0 Å². The molecule has 2 heterocycles. The smallest absolute Gasteiger partial charge is 0.302 e. The standard InChI is InChI=1S/C34H58N3O6/c1-4-24(16-28-21-36-22-29(28)18-26(6-5-15-38)27-13-14-37-34(35)19-27)8-11-31(43-23(2)39)20-30(40)10-7-25-9-12-32(41)33(17-25)42-3/h21-22,24-27,31-34,37-38,41H,4-20,35H2,1-3H3/q+1/p+1/t24-,25?,26+,27?,31-,32?,33?,34?/m1/s1. The van der Waals surface area contributed by atoms with E-state index >= 15 is 0 Å². The van der Waals surface area contributed by atoms with Crippen molar-refractivity contribution in [3.05, 3.63) is 17.7 Å². The highest BCUT2D eigenvalue weighted by molar-refractivity contribution is 5.84. The van der Waals surface area contributed by atoms with Crippen molar-refractivity contribution in [1.82, 2.24) is 0 Å². The van der Waals surface area contributed by atoms with E-state index < -0.39 is 12.2 Å². The van der Waals surface area contributed by atoms with Crippen molar-refractivity contribution in [1.29, 1.82) is 0 Å². The minimum atomic E-state index is -0.417. The molecule has 5 unspecified atom stereocenters. The number of rotatable bonds is 19. The molecule has 1 saturated heterocycles. The number of aliphatic imine (C=N–C) groups is 1. The molecule has 3 aliphatic rings. The number of Topliss-reactive ketones (excluding diaryl/α,β-unsaturated/α-hetero) is 1. The van der Waals surface area contributed by atoms with E-state index in [2.05, 4.69) is 17.2 Å². The third kappa shape index (κ3) is 12.3. The first-order valence-electron chi connectivity index (χ1n) is 16.9. The summed E-state index contributed by atoms with van der Waals surface area (Å²) in [5.74, 6) is 1.64. The second kappa shape index (κ2) is 18.9. The van der Waals surface area contributed by atoms with Crippen molar-refractivity contribution >= 4 is 18.0 Å². The summed E-state index contributed by atoms with van der Waals surface area (Å²) in [4.78, 5) is 29.3. The molecule has 2 fully saturated rings. The van der Waals surface area contributed by atoms with Gasteiger partial charge in [-0.3, -0.25) is 15.3 Å². The topological polar surface area (TPSA) is 148 Å². The van der Waals surface area contributed by atoms with Crippen LogP contribution >= 0.6 is 0 Å². The van der Waals surface area contributed by atoms with Crippen LogP contribution < -0.4 is 11.1 Å². The number of ketones is 1. The molecule has 6 N–H and O–H groups in total. The monoisotopic (exact) mass is 605 g/mol. The van der Waals surface area contributed by atoms with Gasteiger partial charge in [0.15, 0.2) is 6.21 Å². The van der Waals surface area contributed by atoms with E-state index in [0.717, 1.165) is 70.8 Å². The van der Waals surface area contributed by atoms with Crippen molar-refractivity contribution in [2.45, 2.75) is 135 Å². The van der Waals surface area contributed by atoms with Crippen LogP contribution in [-0.2, 0) is 19.1 Å². The third-order valence-corrected chi connectivity index (χ3v) is 10.1. The van der Waals surface area contributed by atoms with Crippen LogP contribution in [0.15, 0.2) is 16.1 Å². The summed E-state index contributed by atoms with van der Waals surface area (Å²) in [5, 5.41) is 21.8. The van der Waals surface area contributed by atoms with E-state index in [0.29, 0.717) is 42.9 Å². The summed E-state index contributed by atoms with van der Waals surface area (Å²) < 4.78 is 11.0. The number of hydrogen-bond donors (Lipinski definition) is 4. The Bertz CT molecular complexity index is 924. The Hall–Kier alpha value is -1.78. The Kier molecular flexibility index (Phi) is 15.7. The molecule has 3 rings (SSSR count). The van der Waals surface area contributed by atoms with Gasteiger partial charge >= 0.3 is 5.97 Å². The highest BCUT2D eigenvalue weighted by atomic mass is 16.5. The molecule has 2 aliphatic heterocycles. The second-order valence-corrected chi connectivity index (χ2v) is 13.3. The van der Waals surface area contributed by atoms with E-state index in [4.69, 9.17) is 15.2 Å². The number of methoxy groups -OCH3 is 1. The van der Waals surface area contributed by atoms with E-state index in [1.54, 1.807) is 7.11 Å². The lowest BCUT2D eigenvalue weighted by Crippen LogP contribution is -2.94. The van der Waals surface area contributed by atoms with E-state index in [9.17, 15) is 19.8 Å². The first-order chi connectivity index (χ1) is 20.7. The van der Waals surface area contributed by atoms with Crippen molar-refractivity contribution in [3.8, 4) is 0 Å². The molecule has 0 aromatic carbocycles. The minimum Gasteiger partial charge on any atom is -0.462 e. The Morgan fingerprint density at radius 1 is 1.19 bits per heavy atom. The van der Waals surface area contributed by atoms with E-state index in [1.807, 2.05) is 12.8 Å². The number of esters is 1. The first kappa shape index (κ1) is 35.7. The van der Waals surface area contributed by atoms with Gasteiger partial charge in [0.25, 0.3) is 0 Å². The van der Waals surface area contributed by atoms with Crippen LogP contribution in [0.3, 0.4) is 0 Å². The maximum absolute atomic E-state index is 12.9. The number of ether oxygens (including phenoxy) is 2. The Morgan fingerprint density at radius 3 is 2.70 bits per heavy atom. The number of nitrogens with zero attached hydrogens (tertiary/aromatic N) is 1. The lowest BCUT2D eigenvalue weighted by molar-refractivity contribution is -0.699. The van der Waals surface area contributed by atoms with Gasteiger partial charge in [-0.15, -0.1) is 4.99 Å². The molecule has 0 aromatic heterocycles. The SMILES string of the molecule is CC[C@H](CC[C@H](CC(=O)CCC1CCC(O)C(OC)C1)OC(C)=O)CC1=C(C[C@H](CCCO)C2CC[NH2+]C(N)C2)[CH+]N=C1. The summed E-state index contributed by atoms with van der Waals surface area (Å²) in [6, 6.07) is 0. The molecule has 8 atom stereocenters. The van der Waals surface area contributed by atoms with Crippen LogP contribution in [0.4, 0.5) is 0 Å². The zero-order valence-corrected chi connectivity index (χ0v) is 26.9. The van der Waals surface area contributed by atoms with Gasteiger partial charge in [-0.1, -0.05) is 13.3 Å². The number of carbonyl (C=O) groups is 2. The molecule has 0 radical (unpaired) electrons. The fourth-order valence-corrected chi connectivity index (χ4v) is 7.46. The summed E-state index contributed by atoms with van der Waals surface area (Å²) in [6.07, 6.45) is 13.6. The molecule has 43 heavy (non-hydrogen) atoms. The zero-order chi connectivity index (χ0) is 31.2. The third-order valence-electron chi connectivity index (χ3n) is 10.1. The number of piperidine rings is 1. The highest BCUT2D eigenvalue weighted by Gasteiger charge is 2.33. The fraction of sp³-hybridized carbons (Fsp3) is 0.824. The molecular formula is C34H59N3O6+2. The van der Waals surface area contributed by atoms with Gasteiger partial charge in [-0.05, 0) is 81.5 Å². The molecule has 0 bridgehead atoms. The van der Waals surface area contributed by atoms with Gasteiger partial charge in [-0.2, -0.15) is 0 Å². The van der Waals surface area contributed by atoms with E-state index in [1.165, 1.54) is 24.5 Å². The van der Waals surface area contributed by atoms with Crippen molar-refractivity contribution in [2.24, 2.45) is 34.4 Å². The van der Waals surface area contributed by atoms with Crippen molar-refractivity contribution in [3.63, 3.8) is 0 Å². The van der Waals surface area contributed by atoms with Crippen LogP contribution in [0.25, 0.3) is 0 Å². The lowest BCUT2D eigenvalue weighted by atomic mass is 9.77. The van der Waals surface area contributed by atoms with Crippen LogP contribution in [0.5, 0.6) is 0 Å². The lowest BCUT2D eigenvalue weighted by Gasteiger charge is -2.32. The van der Waals surface area contributed by atoms with Crippen LogP contribution in [0.1, 0.15) is 110 Å². The summed E-state index contributed by atoms with van der Waals surface area (Å²) in [6.45, 7) is 6.92. The normalized spacial score (nSPS) is 27.9. The molecule has 1 saturated carbocycles. The average molecular weight is 606 g/mol. The number of aliphatic hydroxyl groups excluding tert-OH is 2. The molecule has 9 nitrogen and oxygen atoms in total. The number of carbonyl (C=O) groups excluding carboxylic acids is 2. The van der Waals surface area contributed by atoms with Crippen LogP contribution in [-0.4, -0.2) is 72.9 Å². The molecule has 0 spiro atoms. The molecule has 9 heteroatoms. The molecule has 1 aliphatic carbocycles. The quantitative estimate of drug-likeness (QED) is 0.130. The van der Waals surface area contributed by atoms with Gasteiger partial charge in [0, 0.05) is 52.7 Å². The second-order valence-electron chi connectivity index (χ2n) is 13.3. The maximum atomic E-state index is 12.9. The fourth-order valence-electron chi connectivity index (χ4n) is 7.46. The number of aliphatic hydroxyl groups is 2. The predicted octanol–water partition coefficient (Wildman–Crippen LogP) is 3.61. The summed E-state index contributed by atoms with van der Waals surface area (Å²) >= 11 is 0. The summed E-state index contributed by atoms with van der Waals surface area (Å²) in [7, 11) is 1.63. The predicted molar refractivity (Wildman–Crippen MR) is 168 cm³/mol. The van der Waals surface area contributed by atoms with Gasteiger partial charge in [0.2, 0.25) is 0 Å². The van der Waals surface area contributed by atoms with Crippen molar-refractivity contribution in [2.75, 3.05) is 20.3 Å². The molecule has 0 aromatic rings. The molecule has 0 amide bonds. The van der Waals surface area contributed by atoms with E-state index in [-0.39, 0.29) is 37.0 Å². The Labute approximate surface area is 259 Å². The Morgan fingerprint density at radius 2 is 2.00 bits per heavy atom. The average Bonchev–Trinajstić information content (AvgIpc) is 3.42. The van der Waals surface area contributed by atoms with Crippen LogP contribution in [0, 0.1) is 30.2 Å².